The molecule has 0 amide bonds. The van der Waals surface area contributed by atoms with E-state index < -0.39 is 0 Å². The first-order chi connectivity index (χ1) is 6.33. The van der Waals surface area contributed by atoms with Crippen LogP contribution in [0.2, 0.25) is 0 Å². The molecule has 2 nitrogen and oxygen atoms in total. The molecular weight excluding hydrogens is 160 g/mol. The minimum atomic E-state index is 0.977. The van der Waals surface area contributed by atoms with Crippen molar-refractivity contribution in [2.24, 2.45) is 0 Å². The molecule has 2 heterocycles. The van der Waals surface area contributed by atoms with Crippen molar-refractivity contribution in [3.63, 3.8) is 0 Å². The number of hydrogen-bond donors (Lipinski definition) is 1. The average molecular weight is 172 g/mol. The molecule has 0 saturated carbocycles. The van der Waals surface area contributed by atoms with E-state index in [1.807, 2.05) is 12.3 Å². The Bertz CT molecular complexity index is 523. The topological polar surface area (TPSA) is 28.7 Å². The molecule has 0 unspecified atom stereocenters. The molecule has 0 saturated heterocycles. The lowest BCUT2D eigenvalue weighted by atomic mass is 10.2. The van der Waals surface area contributed by atoms with Crippen molar-refractivity contribution in [1.82, 2.24) is 9.97 Å². The van der Waals surface area contributed by atoms with Crippen LogP contribution in [0.25, 0.3) is 23.6 Å². The monoisotopic (exact) mass is 172 g/mol. The van der Waals surface area contributed by atoms with Gasteiger partial charge in [0.2, 0.25) is 0 Å². The predicted molar refractivity (Wildman–Crippen MR) is 55.6 cm³/mol. The first kappa shape index (κ1) is 8.05. The fourth-order valence-electron chi connectivity index (χ4n) is 1.55. The molecule has 0 aliphatic carbocycles. The van der Waals surface area contributed by atoms with E-state index in [-0.39, 0.29) is 0 Å². The summed E-state index contributed by atoms with van der Waals surface area (Å²) in [6.45, 7) is 6.08. The second kappa shape index (κ2) is 3.05. The van der Waals surface area contributed by atoms with Crippen molar-refractivity contribution >= 4 is 23.6 Å². The molecule has 0 aliphatic heterocycles. The van der Waals surface area contributed by atoms with Crippen molar-refractivity contribution in [1.29, 1.82) is 0 Å². The molecule has 0 radical (unpaired) electrons. The minimum absolute atomic E-state index is 0.977. The number of fused-ring (bicyclic) bond motifs is 1. The van der Waals surface area contributed by atoms with E-state index in [0.29, 0.717) is 0 Å². The minimum Gasteiger partial charge on any atom is -0.355 e. The zero-order chi connectivity index (χ0) is 9.26. The third kappa shape index (κ3) is 1.24. The molecule has 66 valence electrons. The predicted octanol–water partition coefficient (Wildman–Crippen LogP) is 1.16. The average Bonchev–Trinajstić information content (AvgIpc) is 2.44. The maximum Gasteiger partial charge on any atom is 0.0495 e. The van der Waals surface area contributed by atoms with Crippen molar-refractivity contribution in [3.05, 3.63) is 29.0 Å². The van der Waals surface area contributed by atoms with Crippen LogP contribution in [-0.2, 0) is 0 Å². The zero-order valence-electron chi connectivity index (χ0n) is 7.67. The van der Waals surface area contributed by atoms with Crippen LogP contribution < -0.4 is 10.6 Å². The number of nitrogens with one attached hydrogen (secondary N) is 1. The summed E-state index contributed by atoms with van der Waals surface area (Å²) >= 11 is 0. The van der Waals surface area contributed by atoms with Gasteiger partial charge in [-0.15, -0.1) is 0 Å². The van der Waals surface area contributed by atoms with Gasteiger partial charge in [-0.25, -0.2) is 0 Å². The Morgan fingerprint density at radius 3 is 3.23 bits per heavy atom. The number of pyridine rings is 1. The third-order valence-corrected chi connectivity index (χ3v) is 2.13. The second-order valence-electron chi connectivity index (χ2n) is 3.05. The molecule has 2 rings (SSSR count). The first-order valence-electron chi connectivity index (χ1n) is 4.43. The van der Waals surface area contributed by atoms with Crippen LogP contribution in [0.5, 0.6) is 0 Å². The van der Waals surface area contributed by atoms with E-state index in [9.17, 15) is 0 Å². The smallest absolute Gasteiger partial charge is 0.0495 e. The van der Waals surface area contributed by atoms with Gasteiger partial charge in [-0.05, 0) is 12.5 Å². The number of aromatic amines is 1. The van der Waals surface area contributed by atoms with Gasteiger partial charge in [-0.1, -0.05) is 19.6 Å². The van der Waals surface area contributed by atoms with Crippen LogP contribution in [0, 0.1) is 0 Å². The highest BCUT2D eigenvalue weighted by atomic mass is 14.7. The molecule has 0 bridgehead atoms. The molecular formula is C11H12N2. The number of aromatic nitrogens is 2. The quantitative estimate of drug-likeness (QED) is 0.687. The lowest BCUT2D eigenvalue weighted by Gasteiger charge is -1.85. The highest BCUT2D eigenvalue weighted by molar-refractivity contribution is 5.79. The number of hydrogen-bond acceptors (Lipinski definition) is 1. The standard InChI is InChI=1S/C11H12N2/c1-3-4-9-8(2)13-11-5-6-12-7-10(9)11/h4-7,13H,2-3H2,1H3/b9-4+. The SMILES string of the molecule is C=c1[nH]c2ccncc2/c1=C/CC. The number of H-pyrrole nitrogens is 1. The Balaban J connectivity index is 2.95. The molecule has 1 N–H and O–H groups in total. The molecule has 13 heavy (non-hydrogen) atoms. The molecule has 0 aliphatic rings. The lowest BCUT2D eigenvalue weighted by Crippen LogP contribution is -2.20. The van der Waals surface area contributed by atoms with Crippen molar-refractivity contribution in [3.8, 4) is 0 Å². The summed E-state index contributed by atoms with van der Waals surface area (Å²) in [6, 6.07) is 1.97. The van der Waals surface area contributed by atoms with Crippen molar-refractivity contribution < 1.29 is 0 Å². The fourth-order valence-corrected chi connectivity index (χ4v) is 1.55. The van der Waals surface area contributed by atoms with Crippen LogP contribution in [0.15, 0.2) is 18.5 Å². The Labute approximate surface area is 76.6 Å². The fraction of sp³-hybridized carbons (Fsp3) is 0.182. The van der Waals surface area contributed by atoms with Crippen LogP contribution >= 0.6 is 0 Å². The molecule has 2 aromatic heterocycles. The van der Waals surface area contributed by atoms with Crippen LogP contribution in [0.1, 0.15) is 13.3 Å². The van der Waals surface area contributed by atoms with Gasteiger partial charge in [0.1, 0.15) is 0 Å². The van der Waals surface area contributed by atoms with Gasteiger partial charge in [0.05, 0.1) is 0 Å². The van der Waals surface area contributed by atoms with Crippen LogP contribution in [-0.4, -0.2) is 9.97 Å². The third-order valence-electron chi connectivity index (χ3n) is 2.13. The van der Waals surface area contributed by atoms with Gasteiger partial charge >= 0.3 is 0 Å². The highest BCUT2D eigenvalue weighted by Gasteiger charge is 1.96. The Morgan fingerprint density at radius 2 is 2.46 bits per heavy atom. The van der Waals surface area contributed by atoms with E-state index in [4.69, 9.17) is 0 Å². The normalized spacial score (nSPS) is 12.5. The Hall–Kier alpha value is -1.57. The summed E-state index contributed by atoms with van der Waals surface area (Å²) in [5.41, 5.74) is 1.11. The van der Waals surface area contributed by atoms with Gasteiger partial charge in [-0.2, -0.15) is 0 Å². The summed E-state index contributed by atoms with van der Waals surface area (Å²) in [5.74, 6) is 0. The number of rotatable bonds is 1. The maximum absolute atomic E-state index is 4.10. The highest BCUT2D eigenvalue weighted by Crippen LogP contribution is 2.00. The second-order valence-corrected chi connectivity index (χ2v) is 3.05. The lowest BCUT2D eigenvalue weighted by molar-refractivity contribution is 1.28. The van der Waals surface area contributed by atoms with E-state index in [1.165, 1.54) is 5.22 Å². The Kier molecular flexibility index (Phi) is 1.89. The number of nitrogens with zero attached hydrogens (tertiary/aromatic N) is 1. The maximum atomic E-state index is 4.10. The summed E-state index contributed by atoms with van der Waals surface area (Å²) < 4.78 is 0. The van der Waals surface area contributed by atoms with Gasteiger partial charge in [-0.3, -0.25) is 4.98 Å². The van der Waals surface area contributed by atoms with E-state index in [0.717, 1.165) is 22.7 Å². The molecule has 2 heteroatoms. The van der Waals surface area contributed by atoms with Crippen molar-refractivity contribution in [2.75, 3.05) is 0 Å². The zero-order valence-corrected chi connectivity index (χ0v) is 7.67. The Morgan fingerprint density at radius 1 is 1.62 bits per heavy atom. The van der Waals surface area contributed by atoms with E-state index >= 15 is 0 Å². The first-order valence-corrected chi connectivity index (χ1v) is 4.43. The van der Waals surface area contributed by atoms with Crippen molar-refractivity contribution in [2.45, 2.75) is 13.3 Å². The molecule has 2 aromatic rings. The van der Waals surface area contributed by atoms with E-state index in [2.05, 4.69) is 29.5 Å². The van der Waals surface area contributed by atoms with Crippen LogP contribution in [0.3, 0.4) is 0 Å². The molecule has 0 fully saturated rings. The van der Waals surface area contributed by atoms with Gasteiger partial charge in [0.15, 0.2) is 0 Å². The van der Waals surface area contributed by atoms with E-state index in [1.54, 1.807) is 6.20 Å². The summed E-state index contributed by atoms with van der Waals surface area (Å²) in [4.78, 5) is 7.33. The summed E-state index contributed by atoms with van der Waals surface area (Å²) in [7, 11) is 0. The summed E-state index contributed by atoms with van der Waals surface area (Å²) in [6.07, 6.45) is 6.85. The van der Waals surface area contributed by atoms with Gasteiger partial charge in [0.25, 0.3) is 0 Å². The summed E-state index contributed by atoms with van der Waals surface area (Å²) in [5, 5.41) is 3.32. The van der Waals surface area contributed by atoms with Gasteiger partial charge < -0.3 is 4.98 Å². The molecule has 0 atom stereocenters. The molecule has 0 aromatic carbocycles. The van der Waals surface area contributed by atoms with Gasteiger partial charge in [0, 0.05) is 33.9 Å². The van der Waals surface area contributed by atoms with Crippen LogP contribution in [0.4, 0.5) is 0 Å². The molecule has 0 spiro atoms. The largest absolute Gasteiger partial charge is 0.355 e.